The highest BCUT2D eigenvalue weighted by molar-refractivity contribution is 9.10. The molecule has 0 saturated heterocycles. The molecule has 1 aliphatic heterocycles. The van der Waals surface area contributed by atoms with Crippen LogP contribution in [0.2, 0.25) is 0 Å². The van der Waals surface area contributed by atoms with E-state index in [0.717, 1.165) is 12.8 Å². The lowest BCUT2D eigenvalue weighted by molar-refractivity contribution is -0.114. The SMILES string of the molecule is O=C1C(=O)N(CC2CCC2)c2cc(F)c(Br)cc21. The van der Waals surface area contributed by atoms with Gasteiger partial charge in [0, 0.05) is 6.54 Å². The summed E-state index contributed by atoms with van der Waals surface area (Å²) in [4.78, 5) is 25.2. The van der Waals surface area contributed by atoms with E-state index in [0.29, 0.717) is 23.7 Å². The van der Waals surface area contributed by atoms with E-state index in [4.69, 9.17) is 0 Å². The molecule has 0 atom stereocenters. The van der Waals surface area contributed by atoms with Crippen LogP contribution in [0, 0.1) is 11.7 Å². The zero-order valence-corrected chi connectivity index (χ0v) is 11.2. The van der Waals surface area contributed by atoms with E-state index in [1.807, 2.05) is 0 Å². The molecule has 1 saturated carbocycles. The maximum atomic E-state index is 13.5. The van der Waals surface area contributed by atoms with Crippen molar-refractivity contribution in [1.29, 1.82) is 0 Å². The lowest BCUT2D eigenvalue weighted by Gasteiger charge is -2.29. The Hall–Kier alpha value is -1.23. The van der Waals surface area contributed by atoms with Gasteiger partial charge in [-0.1, -0.05) is 6.42 Å². The highest BCUT2D eigenvalue weighted by Crippen LogP contribution is 2.36. The average Bonchev–Trinajstić information content (AvgIpc) is 2.49. The van der Waals surface area contributed by atoms with E-state index >= 15 is 0 Å². The second-order valence-electron chi connectivity index (χ2n) is 4.83. The fraction of sp³-hybridized carbons (Fsp3) is 0.385. The van der Waals surface area contributed by atoms with Gasteiger partial charge >= 0.3 is 0 Å². The number of halogens is 2. The molecule has 3 nitrogen and oxygen atoms in total. The molecule has 2 aliphatic rings. The number of benzene rings is 1. The van der Waals surface area contributed by atoms with Crippen molar-refractivity contribution in [2.24, 2.45) is 5.92 Å². The molecule has 1 heterocycles. The number of hydrogen-bond donors (Lipinski definition) is 0. The second-order valence-corrected chi connectivity index (χ2v) is 5.68. The van der Waals surface area contributed by atoms with Crippen LogP contribution in [-0.4, -0.2) is 18.2 Å². The van der Waals surface area contributed by atoms with Crippen LogP contribution in [-0.2, 0) is 4.79 Å². The number of amides is 1. The molecule has 3 rings (SSSR count). The van der Waals surface area contributed by atoms with Gasteiger partial charge in [-0.3, -0.25) is 9.59 Å². The Balaban J connectivity index is 2.00. The van der Waals surface area contributed by atoms with Gasteiger partial charge in [-0.25, -0.2) is 4.39 Å². The van der Waals surface area contributed by atoms with Crippen LogP contribution in [0.5, 0.6) is 0 Å². The van der Waals surface area contributed by atoms with E-state index in [1.165, 1.54) is 23.5 Å². The number of hydrogen-bond acceptors (Lipinski definition) is 2. The number of ketones is 1. The summed E-state index contributed by atoms with van der Waals surface area (Å²) in [5, 5.41) is 0. The zero-order chi connectivity index (χ0) is 12.9. The number of carbonyl (C=O) groups excluding carboxylic acids is 2. The van der Waals surface area contributed by atoms with Crippen molar-refractivity contribution in [3.8, 4) is 0 Å². The quantitative estimate of drug-likeness (QED) is 0.788. The Morgan fingerprint density at radius 2 is 2.06 bits per heavy atom. The minimum absolute atomic E-state index is 0.216. The summed E-state index contributed by atoms with van der Waals surface area (Å²) < 4.78 is 13.8. The van der Waals surface area contributed by atoms with Gasteiger partial charge in [0.05, 0.1) is 15.7 Å². The molecule has 1 aliphatic carbocycles. The van der Waals surface area contributed by atoms with Crippen molar-refractivity contribution >= 4 is 33.3 Å². The lowest BCUT2D eigenvalue weighted by Crippen LogP contribution is -2.36. The Kier molecular flexibility index (Phi) is 2.73. The molecule has 0 bridgehead atoms. The minimum Gasteiger partial charge on any atom is -0.304 e. The smallest absolute Gasteiger partial charge is 0.299 e. The summed E-state index contributed by atoms with van der Waals surface area (Å²) >= 11 is 3.03. The number of rotatable bonds is 2. The van der Waals surface area contributed by atoms with Crippen LogP contribution in [0.4, 0.5) is 10.1 Å². The maximum absolute atomic E-state index is 13.5. The monoisotopic (exact) mass is 311 g/mol. The Bertz CT molecular complexity index is 554. The summed E-state index contributed by atoms with van der Waals surface area (Å²) in [5.74, 6) is -1.08. The Morgan fingerprint density at radius 1 is 1.33 bits per heavy atom. The first-order valence-electron chi connectivity index (χ1n) is 5.93. The summed E-state index contributed by atoms with van der Waals surface area (Å²) in [6, 6.07) is 2.66. The predicted molar refractivity (Wildman–Crippen MR) is 68.1 cm³/mol. The zero-order valence-electron chi connectivity index (χ0n) is 9.58. The number of Topliss-reactive ketones (excluding diaryl/α,β-unsaturated/α-hetero) is 1. The third kappa shape index (κ3) is 1.68. The fourth-order valence-electron chi connectivity index (χ4n) is 2.40. The second kappa shape index (κ2) is 4.16. The van der Waals surface area contributed by atoms with E-state index in [9.17, 15) is 14.0 Å². The third-order valence-corrected chi connectivity index (χ3v) is 4.29. The van der Waals surface area contributed by atoms with Crippen LogP contribution in [0.3, 0.4) is 0 Å². The topological polar surface area (TPSA) is 37.4 Å². The fourth-order valence-corrected chi connectivity index (χ4v) is 2.75. The van der Waals surface area contributed by atoms with Gasteiger partial charge in [0.1, 0.15) is 5.82 Å². The Labute approximate surface area is 112 Å². The lowest BCUT2D eigenvalue weighted by atomic mass is 9.85. The standard InChI is InChI=1S/C13H11BrFNO2/c14-9-4-8-11(5-10(9)15)16(13(18)12(8)17)6-7-2-1-3-7/h4-5,7H,1-3,6H2. The summed E-state index contributed by atoms with van der Waals surface area (Å²) in [6.45, 7) is 0.526. The van der Waals surface area contributed by atoms with Gasteiger partial charge in [-0.2, -0.15) is 0 Å². The first-order valence-corrected chi connectivity index (χ1v) is 6.72. The highest BCUT2D eigenvalue weighted by Gasteiger charge is 2.38. The molecule has 0 unspecified atom stereocenters. The van der Waals surface area contributed by atoms with Crippen molar-refractivity contribution in [2.75, 3.05) is 11.4 Å². The maximum Gasteiger partial charge on any atom is 0.299 e. The molecular formula is C13H11BrFNO2. The van der Waals surface area contributed by atoms with Crippen LogP contribution < -0.4 is 4.90 Å². The molecule has 0 spiro atoms. The van der Waals surface area contributed by atoms with Crippen LogP contribution in [0.25, 0.3) is 0 Å². The number of fused-ring (bicyclic) bond motifs is 1. The van der Waals surface area contributed by atoms with E-state index in [1.54, 1.807) is 0 Å². The van der Waals surface area contributed by atoms with Crippen LogP contribution >= 0.6 is 15.9 Å². The van der Waals surface area contributed by atoms with Crippen molar-refractivity contribution in [3.05, 3.63) is 28.0 Å². The molecule has 94 valence electrons. The average molecular weight is 312 g/mol. The normalized spacial score (nSPS) is 19.1. The van der Waals surface area contributed by atoms with Gasteiger partial charge in [0.15, 0.2) is 0 Å². The summed E-state index contributed by atoms with van der Waals surface area (Å²) in [5.41, 5.74) is 0.713. The van der Waals surface area contributed by atoms with Crippen molar-refractivity contribution in [1.82, 2.24) is 0 Å². The molecular weight excluding hydrogens is 301 g/mol. The van der Waals surface area contributed by atoms with Crippen molar-refractivity contribution in [3.63, 3.8) is 0 Å². The van der Waals surface area contributed by atoms with Crippen LogP contribution in [0.15, 0.2) is 16.6 Å². The van der Waals surface area contributed by atoms with E-state index in [-0.39, 0.29) is 4.47 Å². The first kappa shape index (κ1) is 11.8. The van der Waals surface area contributed by atoms with Gasteiger partial charge in [-0.15, -0.1) is 0 Å². The minimum atomic E-state index is -0.537. The molecule has 1 amide bonds. The number of nitrogens with zero attached hydrogens (tertiary/aromatic N) is 1. The summed E-state index contributed by atoms with van der Waals surface area (Å²) in [6.07, 6.45) is 3.32. The number of anilines is 1. The molecule has 0 aromatic heterocycles. The molecule has 1 aromatic rings. The highest BCUT2D eigenvalue weighted by atomic mass is 79.9. The molecule has 5 heteroatoms. The van der Waals surface area contributed by atoms with Crippen molar-refractivity contribution in [2.45, 2.75) is 19.3 Å². The van der Waals surface area contributed by atoms with E-state index < -0.39 is 17.5 Å². The van der Waals surface area contributed by atoms with Gasteiger partial charge in [0.2, 0.25) is 0 Å². The Morgan fingerprint density at radius 3 is 2.67 bits per heavy atom. The van der Waals surface area contributed by atoms with Crippen LogP contribution in [0.1, 0.15) is 29.6 Å². The molecule has 18 heavy (non-hydrogen) atoms. The van der Waals surface area contributed by atoms with Crippen molar-refractivity contribution < 1.29 is 14.0 Å². The van der Waals surface area contributed by atoms with Gasteiger partial charge in [-0.05, 0) is 46.8 Å². The molecule has 1 aromatic carbocycles. The van der Waals surface area contributed by atoms with E-state index in [2.05, 4.69) is 15.9 Å². The summed E-state index contributed by atoms with van der Waals surface area (Å²) in [7, 11) is 0. The van der Waals surface area contributed by atoms with Gasteiger partial charge in [0.25, 0.3) is 11.7 Å². The first-order chi connectivity index (χ1) is 8.58. The predicted octanol–water partition coefficient (Wildman–Crippen LogP) is 2.92. The third-order valence-electron chi connectivity index (χ3n) is 3.68. The molecule has 0 radical (unpaired) electrons. The molecule has 1 fully saturated rings. The largest absolute Gasteiger partial charge is 0.304 e. The molecule has 0 N–H and O–H groups in total. The number of carbonyl (C=O) groups is 2. The van der Waals surface area contributed by atoms with Gasteiger partial charge < -0.3 is 4.90 Å².